The summed E-state index contributed by atoms with van der Waals surface area (Å²) in [5.74, 6) is 0.841. The second kappa shape index (κ2) is 7.42. The molecule has 2 aromatic heterocycles. The van der Waals surface area contributed by atoms with Crippen LogP contribution in [-0.4, -0.2) is 64.4 Å². The van der Waals surface area contributed by atoms with Crippen LogP contribution in [0, 0.1) is 0 Å². The molecule has 6 nitrogen and oxygen atoms in total. The van der Waals surface area contributed by atoms with Gasteiger partial charge in [0.15, 0.2) is 5.76 Å². The standard InChI is InChI=1S/C18H26N4O2/c1-21(2)14-18(23)7-5-10-22(11-8-18)13-15-12-17(20-24-15)16-6-3-4-9-19-16/h3-4,6,9,12,23H,5,7-8,10-11,13-14H2,1-2H3/t18-/m1/s1. The summed E-state index contributed by atoms with van der Waals surface area (Å²) < 4.78 is 5.48. The maximum absolute atomic E-state index is 10.7. The van der Waals surface area contributed by atoms with E-state index in [1.54, 1.807) is 6.20 Å². The van der Waals surface area contributed by atoms with Gasteiger partial charge in [-0.25, -0.2) is 0 Å². The van der Waals surface area contributed by atoms with Crippen molar-refractivity contribution in [2.75, 3.05) is 33.7 Å². The van der Waals surface area contributed by atoms with Gasteiger partial charge in [-0.3, -0.25) is 9.88 Å². The van der Waals surface area contributed by atoms with Crippen molar-refractivity contribution in [3.05, 3.63) is 36.2 Å². The van der Waals surface area contributed by atoms with Crippen LogP contribution >= 0.6 is 0 Å². The van der Waals surface area contributed by atoms with Crippen molar-refractivity contribution in [3.8, 4) is 11.4 Å². The number of likely N-dealkylation sites (tertiary alicyclic amines) is 1. The Hall–Kier alpha value is -1.76. The van der Waals surface area contributed by atoms with Gasteiger partial charge < -0.3 is 14.5 Å². The van der Waals surface area contributed by atoms with E-state index in [4.69, 9.17) is 4.52 Å². The molecule has 1 N–H and O–H groups in total. The molecule has 2 aromatic rings. The van der Waals surface area contributed by atoms with Crippen LogP contribution in [0.15, 0.2) is 35.0 Å². The van der Waals surface area contributed by atoms with Crippen molar-refractivity contribution < 1.29 is 9.63 Å². The molecular formula is C18H26N4O2. The molecule has 0 amide bonds. The van der Waals surface area contributed by atoms with Gasteiger partial charge in [-0.05, 0) is 52.0 Å². The lowest BCUT2D eigenvalue weighted by Crippen LogP contribution is -2.40. The summed E-state index contributed by atoms with van der Waals surface area (Å²) in [6, 6.07) is 7.71. The zero-order valence-corrected chi connectivity index (χ0v) is 14.5. The van der Waals surface area contributed by atoms with Crippen LogP contribution in [0.1, 0.15) is 25.0 Å². The molecule has 1 aliphatic heterocycles. The summed E-state index contributed by atoms with van der Waals surface area (Å²) in [4.78, 5) is 8.69. The Kier molecular flexibility index (Phi) is 5.28. The summed E-state index contributed by atoms with van der Waals surface area (Å²) in [6.45, 7) is 3.27. The third-order valence-electron chi connectivity index (χ3n) is 4.49. The molecule has 1 aliphatic rings. The number of hydrogen-bond donors (Lipinski definition) is 1. The first-order chi connectivity index (χ1) is 11.5. The summed E-state index contributed by atoms with van der Waals surface area (Å²) in [5.41, 5.74) is 1.01. The molecule has 3 heterocycles. The van der Waals surface area contributed by atoms with Gasteiger partial charge in [0.05, 0.1) is 17.8 Å². The molecule has 0 radical (unpaired) electrons. The monoisotopic (exact) mass is 330 g/mol. The van der Waals surface area contributed by atoms with E-state index in [0.29, 0.717) is 6.54 Å². The molecule has 1 saturated heterocycles. The summed E-state index contributed by atoms with van der Waals surface area (Å²) in [7, 11) is 4.02. The Morgan fingerprint density at radius 3 is 2.88 bits per heavy atom. The van der Waals surface area contributed by atoms with Gasteiger partial charge in [0.2, 0.25) is 0 Å². The molecule has 1 fully saturated rings. The fourth-order valence-corrected chi connectivity index (χ4v) is 3.38. The molecule has 0 aliphatic carbocycles. The Morgan fingerprint density at radius 1 is 1.25 bits per heavy atom. The van der Waals surface area contributed by atoms with Crippen LogP contribution in [0.5, 0.6) is 0 Å². The molecule has 0 saturated carbocycles. The van der Waals surface area contributed by atoms with Crippen molar-refractivity contribution in [2.24, 2.45) is 0 Å². The minimum atomic E-state index is -0.585. The fourth-order valence-electron chi connectivity index (χ4n) is 3.38. The van der Waals surface area contributed by atoms with E-state index in [2.05, 4.69) is 19.9 Å². The Balaban J connectivity index is 1.60. The average Bonchev–Trinajstić information content (AvgIpc) is 2.93. The second-order valence-corrected chi connectivity index (χ2v) is 6.99. The van der Waals surface area contributed by atoms with Crippen molar-refractivity contribution >= 4 is 0 Å². The average molecular weight is 330 g/mol. The third kappa shape index (κ3) is 4.41. The van der Waals surface area contributed by atoms with Crippen molar-refractivity contribution in [2.45, 2.75) is 31.4 Å². The smallest absolute Gasteiger partial charge is 0.151 e. The van der Waals surface area contributed by atoms with Crippen LogP contribution in [0.3, 0.4) is 0 Å². The van der Waals surface area contributed by atoms with Crippen LogP contribution in [0.4, 0.5) is 0 Å². The van der Waals surface area contributed by atoms with Gasteiger partial charge in [-0.2, -0.15) is 0 Å². The minimum absolute atomic E-state index is 0.585. The van der Waals surface area contributed by atoms with E-state index in [1.807, 2.05) is 38.4 Å². The van der Waals surface area contributed by atoms with Gasteiger partial charge in [0, 0.05) is 25.4 Å². The van der Waals surface area contributed by atoms with E-state index in [0.717, 1.165) is 56.0 Å². The minimum Gasteiger partial charge on any atom is -0.389 e. The largest absolute Gasteiger partial charge is 0.389 e. The summed E-state index contributed by atoms with van der Waals surface area (Å²) >= 11 is 0. The maximum atomic E-state index is 10.7. The van der Waals surface area contributed by atoms with Crippen LogP contribution in [0.2, 0.25) is 0 Å². The molecule has 3 rings (SSSR count). The van der Waals surface area contributed by atoms with Crippen molar-refractivity contribution in [1.82, 2.24) is 19.9 Å². The lowest BCUT2D eigenvalue weighted by atomic mass is 9.94. The lowest BCUT2D eigenvalue weighted by Gasteiger charge is -2.29. The highest BCUT2D eigenvalue weighted by Crippen LogP contribution is 2.24. The topological polar surface area (TPSA) is 65.6 Å². The quantitative estimate of drug-likeness (QED) is 0.905. The first kappa shape index (κ1) is 17.1. The predicted molar refractivity (Wildman–Crippen MR) is 92.4 cm³/mol. The summed E-state index contributed by atoms with van der Waals surface area (Å²) in [6.07, 6.45) is 4.37. The number of likely N-dealkylation sites (N-methyl/N-ethyl adjacent to an activating group) is 1. The van der Waals surface area contributed by atoms with Gasteiger partial charge in [0.1, 0.15) is 5.69 Å². The lowest BCUT2D eigenvalue weighted by molar-refractivity contribution is 0.00241. The fraction of sp³-hybridized carbons (Fsp3) is 0.556. The van der Waals surface area contributed by atoms with E-state index < -0.39 is 5.60 Å². The molecule has 6 heteroatoms. The highest BCUT2D eigenvalue weighted by atomic mass is 16.5. The van der Waals surface area contributed by atoms with Crippen LogP contribution in [-0.2, 0) is 6.54 Å². The highest BCUT2D eigenvalue weighted by molar-refractivity contribution is 5.52. The Bertz CT molecular complexity index is 643. The molecule has 0 aromatic carbocycles. The molecule has 24 heavy (non-hydrogen) atoms. The van der Waals surface area contributed by atoms with Crippen LogP contribution < -0.4 is 0 Å². The first-order valence-corrected chi connectivity index (χ1v) is 8.51. The molecule has 130 valence electrons. The molecule has 0 spiro atoms. The van der Waals surface area contributed by atoms with Crippen LogP contribution in [0.25, 0.3) is 11.4 Å². The molecule has 1 atom stereocenters. The summed E-state index contributed by atoms with van der Waals surface area (Å²) in [5, 5.41) is 14.9. The van der Waals surface area contributed by atoms with E-state index in [9.17, 15) is 5.11 Å². The highest BCUT2D eigenvalue weighted by Gasteiger charge is 2.30. The number of pyridine rings is 1. The number of aliphatic hydroxyl groups is 1. The number of rotatable bonds is 5. The first-order valence-electron chi connectivity index (χ1n) is 8.51. The SMILES string of the molecule is CN(C)C[C@@]1(O)CCCN(Cc2cc(-c3ccccn3)no2)CC1. The number of nitrogens with zero attached hydrogens (tertiary/aromatic N) is 4. The number of aromatic nitrogens is 2. The zero-order valence-electron chi connectivity index (χ0n) is 14.5. The second-order valence-electron chi connectivity index (χ2n) is 6.99. The maximum Gasteiger partial charge on any atom is 0.151 e. The Labute approximate surface area is 143 Å². The molecular weight excluding hydrogens is 304 g/mol. The van der Waals surface area contributed by atoms with Crippen molar-refractivity contribution in [3.63, 3.8) is 0 Å². The van der Waals surface area contributed by atoms with E-state index >= 15 is 0 Å². The van der Waals surface area contributed by atoms with Crippen molar-refractivity contribution in [1.29, 1.82) is 0 Å². The zero-order chi connectivity index (χ0) is 17.0. The van der Waals surface area contributed by atoms with Gasteiger partial charge in [-0.1, -0.05) is 11.2 Å². The third-order valence-corrected chi connectivity index (χ3v) is 4.49. The normalized spacial score (nSPS) is 22.7. The van der Waals surface area contributed by atoms with E-state index in [-0.39, 0.29) is 0 Å². The van der Waals surface area contributed by atoms with Gasteiger partial charge in [0.25, 0.3) is 0 Å². The number of hydrogen-bond acceptors (Lipinski definition) is 6. The molecule has 0 unspecified atom stereocenters. The van der Waals surface area contributed by atoms with E-state index in [1.165, 1.54) is 0 Å². The molecule has 0 bridgehead atoms. The van der Waals surface area contributed by atoms with Gasteiger partial charge in [-0.15, -0.1) is 0 Å². The predicted octanol–water partition coefficient (Wildman–Crippen LogP) is 2.02. The Morgan fingerprint density at radius 2 is 2.12 bits per heavy atom. The van der Waals surface area contributed by atoms with Gasteiger partial charge >= 0.3 is 0 Å².